The van der Waals surface area contributed by atoms with Crippen LogP contribution in [0.3, 0.4) is 0 Å². The summed E-state index contributed by atoms with van der Waals surface area (Å²) in [5.74, 6) is 0.0614. The number of hydrogen-bond acceptors (Lipinski definition) is 4. The first-order valence-electron chi connectivity index (χ1n) is 12.0. The maximum absolute atomic E-state index is 13.5. The summed E-state index contributed by atoms with van der Waals surface area (Å²) in [5, 5.41) is 7.97. The van der Waals surface area contributed by atoms with Crippen LogP contribution < -0.4 is 10.2 Å². The van der Waals surface area contributed by atoms with Gasteiger partial charge >= 0.3 is 12.0 Å². The van der Waals surface area contributed by atoms with Crippen LogP contribution in [0.15, 0.2) is 6.20 Å². The molecule has 0 radical (unpaired) electrons. The number of anilines is 1. The molecule has 2 amide bonds. The number of rotatable bonds is 8. The average molecular weight is 419 g/mol. The number of amides is 2. The van der Waals surface area contributed by atoms with Gasteiger partial charge in [0, 0.05) is 24.8 Å². The van der Waals surface area contributed by atoms with Crippen molar-refractivity contribution < 1.29 is 14.3 Å². The van der Waals surface area contributed by atoms with Gasteiger partial charge in [-0.15, -0.1) is 0 Å². The summed E-state index contributed by atoms with van der Waals surface area (Å²) in [7, 11) is 0. The van der Waals surface area contributed by atoms with E-state index >= 15 is 0 Å². The van der Waals surface area contributed by atoms with Gasteiger partial charge in [0.05, 0.1) is 6.61 Å². The SMILES string of the molecule is CCCCn1cc(C(=O)OCC)c(N(C(=O)NC2CCCCC2)C2CCCCC2)n1. The molecule has 1 aromatic heterocycles. The number of unbranched alkanes of at least 4 members (excludes halogenated alkanes) is 1. The number of hydrogen-bond donors (Lipinski definition) is 1. The lowest BCUT2D eigenvalue weighted by molar-refractivity contribution is 0.0527. The van der Waals surface area contributed by atoms with E-state index in [2.05, 4.69) is 12.2 Å². The van der Waals surface area contributed by atoms with E-state index in [-0.39, 0.29) is 18.1 Å². The zero-order valence-electron chi connectivity index (χ0n) is 18.7. The van der Waals surface area contributed by atoms with Gasteiger partial charge in [0.1, 0.15) is 5.56 Å². The molecular formula is C23H38N4O3. The van der Waals surface area contributed by atoms with Crippen molar-refractivity contribution in [3.63, 3.8) is 0 Å². The molecule has 7 nitrogen and oxygen atoms in total. The fourth-order valence-corrected chi connectivity index (χ4v) is 4.64. The normalized spacial score (nSPS) is 18.2. The third kappa shape index (κ3) is 5.76. The number of nitrogens with zero attached hydrogens (tertiary/aromatic N) is 3. The first-order valence-corrected chi connectivity index (χ1v) is 12.0. The highest BCUT2D eigenvalue weighted by Crippen LogP contribution is 2.30. The second-order valence-corrected chi connectivity index (χ2v) is 8.65. The van der Waals surface area contributed by atoms with E-state index in [1.807, 2.05) is 0 Å². The monoisotopic (exact) mass is 418 g/mol. The van der Waals surface area contributed by atoms with Crippen molar-refractivity contribution in [2.75, 3.05) is 11.5 Å². The maximum atomic E-state index is 13.5. The van der Waals surface area contributed by atoms with Crippen LogP contribution in [0.1, 0.15) is 101 Å². The third-order valence-corrected chi connectivity index (χ3v) is 6.30. The topological polar surface area (TPSA) is 76.5 Å². The van der Waals surface area contributed by atoms with Crippen LogP contribution in [0.5, 0.6) is 0 Å². The van der Waals surface area contributed by atoms with Crippen LogP contribution in [0.4, 0.5) is 10.6 Å². The Bertz CT molecular complexity index is 691. The van der Waals surface area contributed by atoms with E-state index in [1.54, 1.807) is 22.7 Å². The smallest absolute Gasteiger partial charge is 0.343 e. The minimum Gasteiger partial charge on any atom is -0.462 e. The van der Waals surface area contributed by atoms with Crippen LogP contribution >= 0.6 is 0 Å². The lowest BCUT2D eigenvalue weighted by atomic mass is 9.93. The highest BCUT2D eigenvalue weighted by molar-refractivity contribution is 6.01. The van der Waals surface area contributed by atoms with Crippen LogP contribution in [0, 0.1) is 0 Å². The molecule has 2 fully saturated rings. The zero-order valence-corrected chi connectivity index (χ0v) is 18.7. The Hall–Kier alpha value is -2.05. The molecule has 0 aliphatic heterocycles. The maximum Gasteiger partial charge on any atom is 0.343 e. The molecule has 2 aliphatic carbocycles. The average Bonchev–Trinajstić information content (AvgIpc) is 3.18. The Morgan fingerprint density at radius 1 is 1.10 bits per heavy atom. The molecule has 168 valence electrons. The number of aryl methyl sites for hydroxylation is 1. The Balaban J connectivity index is 1.90. The number of nitrogens with one attached hydrogen (secondary N) is 1. The highest BCUT2D eigenvalue weighted by Gasteiger charge is 2.34. The molecule has 0 saturated heterocycles. The number of urea groups is 1. The van der Waals surface area contributed by atoms with Crippen molar-refractivity contribution >= 4 is 17.8 Å². The lowest BCUT2D eigenvalue weighted by Gasteiger charge is -2.35. The van der Waals surface area contributed by atoms with Crippen molar-refractivity contribution in [3.8, 4) is 0 Å². The largest absolute Gasteiger partial charge is 0.462 e. The first kappa shape index (κ1) is 22.6. The summed E-state index contributed by atoms with van der Waals surface area (Å²) in [6, 6.07) is 0.177. The molecule has 1 N–H and O–H groups in total. The predicted octanol–water partition coefficient (Wildman–Crippen LogP) is 5.04. The van der Waals surface area contributed by atoms with Crippen molar-refractivity contribution in [3.05, 3.63) is 11.8 Å². The molecule has 0 unspecified atom stereocenters. The van der Waals surface area contributed by atoms with Gasteiger partial charge in [-0.3, -0.25) is 9.58 Å². The molecule has 1 heterocycles. The van der Waals surface area contributed by atoms with E-state index in [0.29, 0.717) is 18.0 Å². The Morgan fingerprint density at radius 3 is 2.40 bits per heavy atom. The summed E-state index contributed by atoms with van der Waals surface area (Å²) in [6.07, 6.45) is 14.7. The molecule has 30 heavy (non-hydrogen) atoms. The number of aromatic nitrogens is 2. The van der Waals surface area contributed by atoms with Gasteiger partial charge in [0.15, 0.2) is 5.82 Å². The minimum absolute atomic E-state index is 0.0741. The van der Waals surface area contributed by atoms with Crippen molar-refractivity contribution in [2.45, 2.75) is 110 Å². The van der Waals surface area contributed by atoms with Gasteiger partial charge in [-0.25, -0.2) is 9.59 Å². The summed E-state index contributed by atoms with van der Waals surface area (Å²) >= 11 is 0. The van der Waals surface area contributed by atoms with E-state index in [0.717, 1.165) is 70.8 Å². The molecular weight excluding hydrogens is 380 g/mol. The third-order valence-electron chi connectivity index (χ3n) is 6.30. The van der Waals surface area contributed by atoms with Crippen LogP contribution in [0.2, 0.25) is 0 Å². The summed E-state index contributed by atoms with van der Waals surface area (Å²) in [6.45, 7) is 4.96. The molecule has 3 rings (SSSR count). The first-order chi connectivity index (χ1) is 14.6. The van der Waals surface area contributed by atoms with Crippen LogP contribution in [-0.4, -0.2) is 40.5 Å². The Kier molecular flexibility index (Phi) is 8.58. The molecule has 7 heteroatoms. The second-order valence-electron chi connectivity index (χ2n) is 8.65. The number of carbonyl (C=O) groups is 2. The molecule has 0 atom stereocenters. The van der Waals surface area contributed by atoms with Gasteiger partial charge in [-0.2, -0.15) is 5.10 Å². The second kappa shape index (κ2) is 11.4. The Morgan fingerprint density at radius 2 is 1.77 bits per heavy atom. The van der Waals surface area contributed by atoms with E-state index in [9.17, 15) is 9.59 Å². The molecule has 2 saturated carbocycles. The van der Waals surface area contributed by atoms with Gasteiger partial charge < -0.3 is 10.1 Å². The molecule has 0 aromatic carbocycles. The van der Waals surface area contributed by atoms with E-state index in [4.69, 9.17) is 9.84 Å². The standard InChI is InChI=1S/C23H38N4O3/c1-3-5-16-26-17-20(22(28)30-4-2)21(25-26)27(19-14-10-7-11-15-19)23(29)24-18-12-8-6-9-13-18/h17-19H,3-16H2,1-2H3,(H,24,29). The van der Waals surface area contributed by atoms with Gasteiger partial charge in [-0.1, -0.05) is 51.9 Å². The zero-order chi connectivity index (χ0) is 21.3. The van der Waals surface area contributed by atoms with Crippen molar-refractivity contribution in [1.29, 1.82) is 0 Å². The molecule has 0 spiro atoms. The fourth-order valence-electron chi connectivity index (χ4n) is 4.64. The summed E-state index contributed by atoms with van der Waals surface area (Å²) in [4.78, 5) is 28.0. The lowest BCUT2D eigenvalue weighted by Crippen LogP contribution is -2.51. The minimum atomic E-state index is -0.401. The quantitative estimate of drug-likeness (QED) is 0.600. The molecule has 0 bridgehead atoms. The van der Waals surface area contributed by atoms with Gasteiger partial charge in [-0.05, 0) is 39.0 Å². The van der Waals surface area contributed by atoms with Gasteiger partial charge in [0.25, 0.3) is 0 Å². The van der Waals surface area contributed by atoms with Crippen LogP contribution in [0.25, 0.3) is 0 Å². The summed E-state index contributed by atoms with van der Waals surface area (Å²) in [5.41, 5.74) is 0.400. The predicted molar refractivity (Wildman–Crippen MR) is 118 cm³/mol. The van der Waals surface area contributed by atoms with Gasteiger partial charge in [0.2, 0.25) is 0 Å². The molecule has 1 aromatic rings. The van der Waals surface area contributed by atoms with Crippen LogP contribution in [-0.2, 0) is 11.3 Å². The number of ether oxygens (including phenoxy) is 1. The number of carbonyl (C=O) groups excluding carboxylic acids is 2. The highest BCUT2D eigenvalue weighted by atomic mass is 16.5. The van der Waals surface area contributed by atoms with Crippen molar-refractivity contribution in [1.82, 2.24) is 15.1 Å². The van der Waals surface area contributed by atoms with E-state index in [1.165, 1.54) is 12.8 Å². The number of esters is 1. The molecule has 2 aliphatic rings. The summed E-state index contributed by atoms with van der Waals surface area (Å²) < 4.78 is 7.10. The Labute approximate surface area is 180 Å². The van der Waals surface area contributed by atoms with Crippen molar-refractivity contribution in [2.24, 2.45) is 0 Å². The van der Waals surface area contributed by atoms with E-state index < -0.39 is 5.97 Å². The fraction of sp³-hybridized carbons (Fsp3) is 0.783.